The highest BCUT2D eigenvalue weighted by molar-refractivity contribution is 7.90. The van der Waals surface area contributed by atoms with Crippen LogP contribution < -0.4 is 4.74 Å². The van der Waals surface area contributed by atoms with Gasteiger partial charge in [0.05, 0.1) is 28.7 Å². The van der Waals surface area contributed by atoms with Crippen molar-refractivity contribution in [2.24, 2.45) is 0 Å². The molecule has 5 aromatic rings. The second kappa shape index (κ2) is 7.51. The van der Waals surface area contributed by atoms with Crippen molar-refractivity contribution in [3.05, 3.63) is 89.7 Å². The minimum atomic E-state index is -3.99. The lowest BCUT2D eigenvalue weighted by molar-refractivity contribution is 0.215. The molecule has 0 spiro atoms. The molecule has 0 fully saturated rings. The van der Waals surface area contributed by atoms with Gasteiger partial charge in [-0.05, 0) is 55.0 Å². The number of hydrogen-bond acceptors (Lipinski definition) is 5. The summed E-state index contributed by atoms with van der Waals surface area (Å²) in [6.07, 6.45) is -1.19. The molecule has 5 rings (SSSR count). The summed E-state index contributed by atoms with van der Waals surface area (Å²) in [5, 5.41) is 20.0. The highest BCUT2D eigenvalue weighted by Crippen LogP contribution is 2.36. The topological polar surface area (TPSA) is 97.2 Å². The molecule has 0 aliphatic heterocycles. The Labute approximate surface area is 184 Å². The van der Waals surface area contributed by atoms with E-state index in [4.69, 9.17) is 4.74 Å². The van der Waals surface area contributed by atoms with Gasteiger partial charge in [-0.2, -0.15) is 5.10 Å². The summed E-state index contributed by atoms with van der Waals surface area (Å²) in [5.74, 6) is 0.527. The molecule has 2 heterocycles. The Kier molecular flexibility index (Phi) is 4.76. The molecule has 0 aliphatic carbocycles. The summed E-state index contributed by atoms with van der Waals surface area (Å²) < 4.78 is 34.0. The van der Waals surface area contributed by atoms with Gasteiger partial charge in [-0.15, -0.1) is 0 Å². The molecule has 3 aromatic carbocycles. The molecule has 0 saturated carbocycles. The molecule has 0 bridgehead atoms. The van der Waals surface area contributed by atoms with Crippen LogP contribution in [0.1, 0.15) is 23.1 Å². The molecule has 2 N–H and O–H groups in total. The van der Waals surface area contributed by atoms with Gasteiger partial charge >= 0.3 is 0 Å². The molecule has 162 valence electrons. The molecule has 1 unspecified atom stereocenters. The Hall–Kier alpha value is -3.62. The average molecular weight is 448 g/mol. The normalized spacial score (nSPS) is 13.0. The van der Waals surface area contributed by atoms with Crippen LogP contribution in [-0.4, -0.2) is 34.8 Å². The number of rotatable bonds is 5. The van der Waals surface area contributed by atoms with Crippen molar-refractivity contribution in [2.75, 3.05) is 7.11 Å². The molecule has 7 nitrogen and oxygen atoms in total. The lowest BCUT2D eigenvalue weighted by atomic mass is 10.0. The smallest absolute Gasteiger partial charge is 0.268 e. The number of fused-ring (bicyclic) bond motifs is 2. The molecule has 1 atom stereocenters. The summed E-state index contributed by atoms with van der Waals surface area (Å²) in [6, 6.07) is 20.4. The molecule has 32 heavy (non-hydrogen) atoms. The molecular formula is C24H21N3O4S. The molecule has 0 saturated heterocycles. The number of aliphatic hydroxyl groups is 1. The molecule has 2 aromatic heterocycles. The largest absolute Gasteiger partial charge is 0.496 e. The maximum absolute atomic E-state index is 13.7. The maximum atomic E-state index is 13.7. The number of H-pyrrole nitrogens is 1. The summed E-state index contributed by atoms with van der Waals surface area (Å²) in [4.78, 5) is 0.134. The zero-order chi connectivity index (χ0) is 22.5. The summed E-state index contributed by atoms with van der Waals surface area (Å²) in [7, 11) is -2.46. The zero-order valence-corrected chi connectivity index (χ0v) is 18.3. The molecule has 0 amide bonds. The molecular weight excluding hydrogens is 426 g/mol. The summed E-state index contributed by atoms with van der Waals surface area (Å²) in [6.45, 7) is 1.90. The number of benzene rings is 3. The van der Waals surface area contributed by atoms with Crippen molar-refractivity contribution in [3.8, 4) is 5.75 Å². The molecule has 0 radical (unpaired) electrons. The van der Waals surface area contributed by atoms with Gasteiger partial charge in [0, 0.05) is 16.5 Å². The van der Waals surface area contributed by atoms with Crippen molar-refractivity contribution in [1.82, 2.24) is 14.2 Å². The van der Waals surface area contributed by atoms with E-state index in [0.717, 1.165) is 16.6 Å². The highest BCUT2D eigenvalue weighted by atomic mass is 32.2. The highest BCUT2D eigenvalue weighted by Gasteiger charge is 2.28. The first-order valence-corrected chi connectivity index (χ1v) is 11.5. The monoisotopic (exact) mass is 447 g/mol. The Morgan fingerprint density at radius 2 is 1.78 bits per heavy atom. The first kappa shape index (κ1) is 20.3. The van der Waals surface area contributed by atoms with Gasteiger partial charge in [0.2, 0.25) is 0 Å². The van der Waals surface area contributed by atoms with Crippen LogP contribution >= 0.6 is 0 Å². The third-order valence-electron chi connectivity index (χ3n) is 5.65. The fraction of sp³-hybridized carbons (Fsp3) is 0.125. The van der Waals surface area contributed by atoms with E-state index in [9.17, 15) is 13.5 Å². The number of aromatic amines is 1. The predicted molar refractivity (Wildman–Crippen MR) is 122 cm³/mol. The second-order valence-electron chi connectivity index (χ2n) is 7.57. The van der Waals surface area contributed by atoms with Crippen LogP contribution in [-0.2, 0) is 10.0 Å². The van der Waals surface area contributed by atoms with Crippen LogP contribution in [0.25, 0.3) is 21.8 Å². The number of aromatic nitrogens is 3. The van der Waals surface area contributed by atoms with Crippen LogP contribution in [0.5, 0.6) is 5.75 Å². The van der Waals surface area contributed by atoms with Crippen molar-refractivity contribution in [1.29, 1.82) is 0 Å². The fourth-order valence-electron chi connectivity index (χ4n) is 4.03. The van der Waals surface area contributed by atoms with E-state index >= 15 is 0 Å². The SMILES string of the molecule is COc1cccc2c1cc(C(O)c1ccc3n[nH]c(C)c3c1)n2S(=O)(=O)c1ccccc1. The van der Waals surface area contributed by atoms with Gasteiger partial charge < -0.3 is 9.84 Å². The van der Waals surface area contributed by atoms with Crippen LogP contribution in [0.4, 0.5) is 0 Å². The van der Waals surface area contributed by atoms with Crippen LogP contribution in [0.2, 0.25) is 0 Å². The van der Waals surface area contributed by atoms with Gasteiger partial charge in [-0.1, -0.05) is 30.3 Å². The van der Waals surface area contributed by atoms with Gasteiger partial charge in [0.25, 0.3) is 10.0 Å². The van der Waals surface area contributed by atoms with Crippen LogP contribution in [0.3, 0.4) is 0 Å². The first-order valence-electron chi connectivity index (χ1n) is 10.0. The Morgan fingerprint density at radius 1 is 1.00 bits per heavy atom. The summed E-state index contributed by atoms with van der Waals surface area (Å²) >= 11 is 0. The summed E-state index contributed by atoms with van der Waals surface area (Å²) in [5.41, 5.74) is 2.87. The Bertz CT molecular complexity index is 1550. The number of nitrogens with one attached hydrogen (secondary N) is 1. The molecule has 8 heteroatoms. The Morgan fingerprint density at radius 3 is 2.53 bits per heavy atom. The van der Waals surface area contributed by atoms with Crippen molar-refractivity contribution in [2.45, 2.75) is 17.9 Å². The van der Waals surface area contributed by atoms with E-state index in [-0.39, 0.29) is 10.6 Å². The van der Waals surface area contributed by atoms with E-state index in [1.807, 2.05) is 13.0 Å². The van der Waals surface area contributed by atoms with Crippen LogP contribution in [0, 0.1) is 6.92 Å². The predicted octanol–water partition coefficient (Wildman–Crippen LogP) is 4.15. The number of hydrogen-bond donors (Lipinski definition) is 2. The number of aryl methyl sites for hydroxylation is 1. The quantitative estimate of drug-likeness (QED) is 0.422. The maximum Gasteiger partial charge on any atom is 0.268 e. The van der Waals surface area contributed by atoms with Crippen molar-refractivity contribution in [3.63, 3.8) is 0 Å². The average Bonchev–Trinajstić information content (AvgIpc) is 3.40. The standard InChI is InChI=1S/C24H21N3O4S/c1-15-18-13-16(11-12-20(18)26-25-15)24(28)22-14-19-21(9-6-10-23(19)31-2)27(22)32(29,30)17-7-4-3-5-8-17/h3-14,24,28H,1-2H3,(H,25,26). The van der Waals surface area contributed by atoms with E-state index in [1.54, 1.807) is 66.7 Å². The zero-order valence-electron chi connectivity index (χ0n) is 17.5. The number of nitrogens with zero attached hydrogens (tertiary/aromatic N) is 2. The third-order valence-corrected chi connectivity index (χ3v) is 7.41. The number of aliphatic hydroxyl groups excluding tert-OH is 1. The minimum Gasteiger partial charge on any atom is -0.496 e. The third kappa shape index (κ3) is 3.07. The van der Waals surface area contributed by atoms with Gasteiger partial charge in [-0.25, -0.2) is 12.4 Å². The fourth-order valence-corrected chi connectivity index (χ4v) is 5.59. The van der Waals surface area contributed by atoms with Gasteiger partial charge in [0.1, 0.15) is 11.9 Å². The van der Waals surface area contributed by atoms with Gasteiger partial charge in [-0.3, -0.25) is 5.10 Å². The lowest BCUT2D eigenvalue weighted by Gasteiger charge is -2.16. The van der Waals surface area contributed by atoms with E-state index in [1.165, 1.54) is 11.1 Å². The first-order chi connectivity index (χ1) is 15.4. The van der Waals surface area contributed by atoms with E-state index in [2.05, 4.69) is 10.2 Å². The number of methoxy groups -OCH3 is 1. The van der Waals surface area contributed by atoms with E-state index in [0.29, 0.717) is 22.2 Å². The van der Waals surface area contributed by atoms with Gasteiger partial charge in [0.15, 0.2) is 0 Å². The Balaban J connectivity index is 1.78. The lowest BCUT2D eigenvalue weighted by Crippen LogP contribution is -2.18. The number of ether oxygens (including phenoxy) is 1. The molecule has 0 aliphatic rings. The van der Waals surface area contributed by atoms with Crippen molar-refractivity contribution >= 4 is 31.8 Å². The second-order valence-corrected chi connectivity index (χ2v) is 9.36. The minimum absolute atomic E-state index is 0.134. The van der Waals surface area contributed by atoms with Crippen molar-refractivity contribution < 1.29 is 18.3 Å². The van der Waals surface area contributed by atoms with Crippen LogP contribution in [0.15, 0.2) is 77.7 Å². The van der Waals surface area contributed by atoms with E-state index < -0.39 is 16.1 Å².